The van der Waals surface area contributed by atoms with Gasteiger partial charge in [-0.05, 0) is 58.7 Å². The van der Waals surface area contributed by atoms with Crippen LogP contribution in [-0.4, -0.2) is 4.98 Å². The molecule has 0 aliphatic rings. The van der Waals surface area contributed by atoms with Crippen molar-refractivity contribution < 1.29 is 4.57 Å². The Bertz CT molecular complexity index is 1150. The highest BCUT2D eigenvalue weighted by molar-refractivity contribution is 5.96. The lowest BCUT2D eigenvalue weighted by Gasteiger charge is -2.20. The summed E-state index contributed by atoms with van der Waals surface area (Å²) in [4.78, 5) is 4.26. The van der Waals surface area contributed by atoms with Crippen LogP contribution < -0.4 is 4.57 Å². The number of benzene rings is 2. The van der Waals surface area contributed by atoms with E-state index in [0.29, 0.717) is 0 Å². The third-order valence-electron chi connectivity index (χ3n) is 5.49. The van der Waals surface area contributed by atoms with Crippen molar-refractivity contribution in [2.45, 2.75) is 33.1 Å². The van der Waals surface area contributed by atoms with Crippen LogP contribution in [0.4, 0.5) is 0 Å². The lowest BCUT2D eigenvalue weighted by molar-refractivity contribution is -0.659. The van der Waals surface area contributed by atoms with E-state index >= 15 is 0 Å². The van der Waals surface area contributed by atoms with Gasteiger partial charge in [-0.2, -0.15) is 0 Å². The number of fused-ring (bicyclic) bond motifs is 1. The number of hydrogen-bond donors (Lipinski definition) is 0. The molecular weight excluding hydrogens is 340 g/mol. The van der Waals surface area contributed by atoms with Gasteiger partial charge in [0, 0.05) is 29.6 Å². The molecule has 2 aromatic heterocycles. The van der Waals surface area contributed by atoms with E-state index in [-0.39, 0.29) is 5.41 Å². The van der Waals surface area contributed by atoms with Crippen LogP contribution in [0.15, 0.2) is 73.2 Å². The molecule has 2 aromatic carbocycles. The van der Waals surface area contributed by atoms with Crippen molar-refractivity contribution >= 4 is 10.8 Å². The van der Waals surface area contributed by atoms with Crippen LogP contribution in [-0.2, 0) is 12.5 Å². The highest BCUT2D eigenvalue weighted by atomic mass is 14.9. The topological polar surface area (TPSA) is 16.8 Å². The zero-order chi connectivity index (χ0) is 19.9. The molecule has 0 aliphatic carbocycles. The van der Waals surface area contributed by atoms with E-state index in [1.54, 1.807) is 0 Å². The van der Waals surface area contributed by atoms with Crippen molar-refractivity contribution in [2.24, 2.45) is 7.05 Å². The third kappa shape index (κ3) is 3.31. The predicted molar refractivity (Wildman–Crippen MR) is 117 cm³/mol. The number of pyridine rings is 2. The van der Waals surface area contributed by atoms with Crippen LogP contribution in [0.1, 0.15) is 31.9 Å². The molecular formula is C26H27N2+. The second-order valence-corrected chi connectivity index (χ2v) is 8.60. The van der Waals surface area contributed by atoms with E-state index in [1.807, 2.05) is 18.5 Å². The van der Waals surface area contributed by atoms with E-state index in [2.05, 4.69) is 99.0 Å². The zero-order valence-electron chi connectivity index (χ0n) is 17.3. The largest absolute Gasteiger partial charge is 0.264 e. The van der Waals surface area contributed by atoms with Gasteiger partial charge in [0.1, 0.15) is 7.05 Å². The van der Waals surface area contributed by atoms with Crippen molar-refractivity contribution in [3.05, 3.63) is 84.3 Å². The Kier molecular flexibility index (Phi) is 4.50. The number of hydrogen-bond acceptors (Lipinski definition) is 1. The molecule has 0 spiro atoms. The van der Waals surface area contributed by atoms with Crippen LogP contribution in [0.25, 0.3) is 33.2 Å². The molecule has 4 aromatic rings. The Hall–Kier alpha value is -3.00. The quantitative estimate of drug-likeness (QED) is 0.397. The Morgan fingerprint density at radius 2 is 1.71 bits per heavy atom. The van der Waals surface area contributed by atoms with Gasteiger partial charge in [0.2, 0.25) is 5.69 Å². The van der Waals surface area contributed by atoms with Crippen molar-refractivity contribution in [3.8, 4) is 22.4 Å². The molecule has 0 radical (unpaired) electrons. The molecule has 0 saturated carbocycles. The SMILES string of the molecule is Cc1ccc(C(C)(C)C)cc1-c1c2ccc(-c3cccnc3)cc2cc[n+]1C. The van der Waals surface area contributed by atoms with E-state index in [0.717, 1.165) is 5.56 Å². The normalized spacial score (nSPS) is 11.8. The van der Waals surface area contributed by atoms with Gasteiger partial charge in [-0.1, -0.05) is 45.0 Å². The first-order chi connectivity index (χ1) is 13.3. The second kappa shape index (κ2) is 6.87. The first kappa shape index (κ1) is 18.4. The maximum atomic E-state index is 4.26. The summed E-state index contributed by atoms with van der Waals surface area (Å²) in [6, 6.07) is 19.9. The van der Waals surface area contributed by atoms with Gasteiger partial charge in [0.05, 0.1) is 5.39 Å². The average Bonchev–Trinajstić information content (AvgIpc) is 2.68. The Morgan fingerprint density at radius 3 is 2.43 bits per heavy atom. The van der Waals surface area contributed by atoms with Crippen LogP contribution in [0.2, 0.25) is 0 Å². The monoisotopic (exact) mass is 367 g/mol. The molecule has 0 N–H and O–H groups in total. The summed E-state index contributed by atoms with van der Waals surface area (Å²) < 4.78 is 2.24. The molecule has 0 aliphatic heterocycles. The van der Waals surface area contributed by atoms with E-state index in [1.165, 1.54) is 38.7 Å². The fourth-order valence-corrected chi connectivity index (χ4v) is 3.76. The summed E-state index contributed by atoms with van der Waals surface area (Å²) in [6.07, 6.45) is 5.89. The van der Waals surface area contributed by atoms with Gasteiger partial charge in [0.25, 0.3) is 0 Å². The maximum Gasteiger partial charge on any atom is 0.220 e. The molecule has 0 saturated heterocycles. The molecule has 2 heteroatoms. The number of rotatable bonds is 2. The standard InChI is InChI=1S/C26H27N2/c1-18-8-10-22(26(2,3)4)16-24(18)25-23-11-9-19(21-7-6-13-27-17-21)15-20(23)12-14-28(25)5/h6-17H,1-5H3/q+1. The Balaban J connectivity index is 1.94. The fraction of sp³-hybridized carbons (Fsp3) is 0.231. The molecule has 2 nitrogen and oxygen atoms in total. The zero-order valence-corrected chi connectivity index (χ0v) is 17.3. The van der Waals surface area contributed by atoms with Crippen LogP contribution >= 0.6 is 0 Å². The van der Waals surface area contributed by atoms with Gasteiger partial charge in [-0.3, -0.25) is 4.98 Å². The van der Waals surface area contributed by atoms with Crippen LogP contribution in [0.5, 0.6) is 0 Å². The van der Waals surface area contributed by atoms with Crippen molar-refractivity contribution in [2.75, 3.05) is 0 Å². The van der Waals surface area contributed by atoms with Crippen LogP contribution in [0.3, 0.4) is 0 Å². The van der Waals surface area contributed by atoms with Gasteiger partial charge in [0.15, 0.2) is 6.20 Å². The highest BCUT2D eigenvalue weighted by Crippen LogP contribution is 2.33. The first-order valence-corrected chi connectivity index (χ1v) is 9.79. The first-order valence-electron chi connectivity index (χ1n) is 9.79. The Morgan fingerprint density at radius 1 is 0.893 bits per heavy atom. The molecule has 4 rings (SSSR count). The lowest BCUT2D eigenvalue weighted by Crippen LogP contribution is -2.31. The van der Waals surface area contributed by atoms with E-state index in [9.17, 15) is 0 Å². The van der Waals surface area contributed by atoms with Gasteiger partial charge < -0.3 is 0 Å². The molecule has 0 unspecified atom stereocenters. The molecule has 0 atom stereocenters. The van der Waals surface area contributed by atoms with Crippen molar-refractivity contribution in [1.29, 1.82) is 0 Å². The summed E-state index contributed by atoms with van der Waals surface area (Å²) in [7, 11) is 2.13. The second-order valence-electron chi connectivity index (χ2n) is 8.60. The molecule has 0 amide bonds. The number of nitrogens with zero attached hydrogens (tertiary/aromatic N) is 2. The molecule has 0 fully saturated rings. The molecule has 28 heavy (non-hydrogen) atoms. The fourth-order valence-electron chi connectivity index (χ4n) is 3.76. The van der Waals surface area contributed by atoms with Crippen LogP contribution in [0, 0.1) is 6.92 Å². The maximum absolute atomic E-state index is 4.26. The lowest BCUT2D eigenvalue weighted by atomic mass is 9.84. The van der Waals surface area contributed by atoms with Crippen molar-refractivity contribution in [3.63, 3.8) is 0 Å². The van der Waals surface area contributed by atoms with Gasteiger partial charge in [-0.15, -0.1) is 0 Å². The Labute approximate surface area is 167 Å². The third-order valence-corrected chi connectivity index (χ3v) is 5.49. The summed E-state index contributed by atoms with van der Waals surface area (Å²) in [5, 5.41) is 2.52. The van der Waals surface area contributed by atoms with E-state index < -0.39 is 0 Å². The van der Waals surface area contributed by atoms with Crippen molar-refractivity contribution in [1.82, 2.24) is 4.98 Å². The minimum atomic E-state index is 0.124. The summed E-state index contributed by atoms with van der Waals surface area (Å²) >= 11 is 0. The van der Waals surface area contributed by atoms with Gasteiger partial charge in [-0.25, -0.2) is 4.57 Å². The molecule has 0 bridgehead atoms. The predicted octanol–water partition coefficient (Wildman–Crippen LogP) is 6.00. The summed E-state index contributed by atoms with van der Waals surface area (Å²) in [6.45, 7) is 9.00. The molecule has 140 valence electrons. The van der Waals surface area contributed by atoms with E-state index in [4.69, 9.17) is 0 Å². The van der Waals surface area contributed by atoms with Gasteiger partial charge >= 0.3 is 0 Å². The summed E-state index contributed by atoms with van der Waals surface area (Å²) in [5.41, 5.74) is 7.68. The smallest absolute Gasteiger partial charge is 0.220 e. The minimum absolute atomic E-state index is 0.124. The highest BCUT2D eigenvalue weighted by Gasteiger charge is 2.21. The minimum Gasteiger partial charge on any atom is -0.264 e. The number of aryl methyl sites for hydroxylation is 2. The molecule has 2 heterocycles. The summed E-state index contributed by atoms with van der Waals surface area (Å²) in [5.74, 6) is 0. The number of aromatic nitrogens is 2. The average molecular weight is 368 g/mol.